The van der Waals surface area contributed by atoms with Gasteiger partial charge in [0, 0.05) is 16.5 Å². The van der Waals surface area contributed by atoms with Gasteiger partial charge in [-0.2, -0.15) is 0 Å². The van der Waals surface area contributed by atoms with Crippen LogP contribution in [0.1, 0.15) is 5.56 Å². The van der Waals surface area contributed by atoms with Crippen LogP contribution in [0.5, 0.6) is 0 Å². The molecule has 3 heteroatoms. The van der Waals surface area contributed by atoms with E-state index in [0.717, 1.165) is 33.2 Å². The highest BCUT2D eigenvalue weighted by molar-refractivity contribution is 6.05. The monoisotopic (exact) mass is 301 g/mol. The van der Waals surface area contributed by atoms with Crippen LogP contribution in [0.2, 0.25) is 0 Å². The van der Waals surface area contributed by atoms with E-state index in [-0.39, 0.29) is 5.91 Å². The van der Waals surface area contributed by atoms with E-state index in [4.69, 9.17) is 4.42 Å². The summed E-state index contributed by atoms with van der Waals surface area (Å²) in [5, 5.41) is 5.03. The molecular formula is C20H15NO2. The minimum atomic E-state index is -0.0247. The second-order valence-electron chi connectivity index (χ2n) is 5.52. The van der Waals surface area contributed by atoms with Gasteiger partial charge >= 0.3 is 0 Å². The number of nitrogens with one attached hydrogen (secondary N) is 1. The number of amides is 1. The second kappa shape index (κ2) is 5.61. The number of carbonyl (C=O) groups is 1. The van der Waals surface area contributed by atoms with Crippen molar-refractivity contribution in [2.45, 2.75) is 6.42 Å². The Morgan fingerprint density at radius 1 is 0.826 bits per heavy atom. The van der Waals surface area contributed by atoms with Crippen molar-refractivity contribution in [3.8, 4) is 0 Å². The maximum absolute atomic E-state index is 12.2. The third kappa shape index (κ3) is 2.69. The van der Waals surface area contributed by atoms with E-state index >= 15 is 0 Å². The van der Waals surface area contributed by atoms with Gasteiger partial charge in [-0.3, -0.25) is 4.79 Å². The molecule has 1 amide bonds. The SMILES string of the molecule is O=C(Cc1ccc2oc3ccccc3c2c1)Nc1ccccc1. The van der Waals surface area contributed by atoms with Gasteiger partial charge < -0.3 is 9.73 Å². The highest BCUT2D eigenvalue weighted by Crippen LogP contribution is 2.29. The Hall–Kier alpha value is -3.07. The molecule has 0 saturated heterocycles. The molecule has 0 saturated carbocycles. The number of fused-ring (bicyclic) bond motifs is 3. The van der Waals surface area contributed by atoms with Gasteiger partial charge in [-0.15, -0.1) is 0 Å². The van der Waals surface area contributed by atoms with Crippen molar-refractivity contribution < 1.29 is 9.21 Å². The number of carbonyl (C=O) groups excluding carboxylic acids is 1. The molecule has 0 fully saturated rings. The Bertz CT molecular complexity index is 986. The maximum atomic E-state index is 12.2. The summed E-state index contributed by atoms with van der Waals surface area (Å²) in [5.74, 6) is -0.0247. The lowest BCUT2D eigenvalue weighted by Crippen LogP contribution is -2.14. The van der Waals surface area contributed by atoms with Crippen LogP contribution >= 0.6 is 0 Å². The molecule has 4 rings (SSSR count). The van der Waals surface area contributed by atoms with E-state index < -0.39 is 0 Å². The number of benzene rings is 3. The lowest BCUT2D eigenvalue weighted by molar-refractivity contribution is -0.115. The second-order valence-corrected chi connectivity index (χ2v) is 5.52. The van der Waals surface area contributed by atoms with Gasteiger partial charge in [-0.05, 0) is 35.9 Å². The number of anilines is 1. The number of hydrogen-bond donors (Lipinski definition) is 1. The molecule has 0 unspecified atom stereocenters. The van der Waals surface area contributed by atoms with E-state index in [1.54, 1.807) is 0 Å². The predicted molar refractivity (Wildman–Crippen MR) is 92.5 cm³/mol. The molecule has 0 atom stereocenters. The molecule has 1 aromatic heterocycles. The molecule has 3 aromatic carbocycles. The fourth-order valence-electron chi connectivity index (χ4n) is 2.80. The van der Waals surface area contributed by atoms with E-state index in [1.807, 2.05) is 72.8 Å². The fourth-order valence-corrected chi connectivity index (χ4v) is 2.80. The first kappa shape index (κ1) is 13.6. The maximum Gasteiger partial charge on any atom is 0.228 e. The third-order valence-electron chi connectivity index (χ3n) is 3.86. The Balaban J connectivity index is 1.61. The number of furan rings is 1. The molecule has 4 aromatic rings. The molecule has 0 aliphatic carbocycles. The van der Waals surface area contributed by atoms with Gasteiger partial charge in [-0.25, -0.2) is 0 Å². The first-order valence-electron chi connectivity index (χ1n) is 7.55. The highest BCUT2D eigenvalue weighted by atomic mass is 16.3. The van der Waals surface area contributed by atoms with Crippen LogP contribution in [0.3, 0.4) is 0 Å². The standard InChI is InChI=1S/C20H15NO2/c22-20(21-15-6-2-1-3-7-15)13-14-10-11-19-17(12-14)16-8-4-5-9-18(16)23-19/h1-12H,13H2,(H,21,22). The average molecular weight is 301 g/mol. The summed E-state index contributed by atoms with van der Waals surface area (Å²) < 4.78 is 5.81. The quantitative estimate of drug-likeness (QED) is 0.592. The Morgan fingerprint density at radius 2 is 1.57 bits per heavy atom. The van der Waals surface area contributed by atoms with Gasteiger partial charge in [-0.1, -0.05) is 42.5 Å². The Labute approximate surface area is 133 Å². The van der Waals surface area contributed by atoms with Crippen molar-refractivity contribution >= 4 is 33.5 Å². The molecule has 112 valence electrons. The first-order chi connectivity index (χ1) is 11.3. The molecule has 0 spiro atoms. The molecule has 1 N–H and O–H groups in total. The van der Waals surface area contributed by atoms with Crippen LogP contribution in [-0.2, 0) is 11.2 Å². The van der Waals surface area contributed by atoms with Gasteiger partial charge in [0.05, 0.1) is 6.42 Å². The zero-order valence-corrected chi connectivity index (χ0v) is 12.5. The lowest BCUT2D eigenvalue weighted by Gasteiger charge is -2.05. The van der Waals surface area contributed by atoms with Crippen LogP contribution in [0.25, 0.3) is 21.9 Å². The van der Waals surface area contributed by atoms with Gasteiger partial charge in [0.15, 0.2) is 0 Å². The zero-order chi connectivity index (χ0) is 15.6. The van der Waals surface area contributed by atoms with Crippen molar-refractivity contribution in [2.24, 2.45) is 0 Å². The van der Waals surface area contributed by atoms with Crippen LogP contribution < -0.4 is 5.32 Å². The minimum Gasteiger partial charge on any atom is -0.456 e. The van der Waals surface area contributed by atoms with Gasteiger partial charge in [0.2, 0.25) is 5.91 Å². The first-order valence-corrected chi connectivity index (χ1v) is 7.55. The normalized spacial score (nSPS) is 11.0. The van der Waals surface area contributed by atoms with Crippen molar-refractivity contribution in [3.05, 3.63) is 78.4 Å². The van der Waals surface area contributed by atoms with Crippen molar-refractivity contribution in [1.82, 2.24) is 0 Å². The van der Waals surface area contributed by atoms with Crippen molar-refractivity contribution in [2.75, 3.05) is 5.32 Å². The zero-order valence-electron chi connectivity index (χ0n) is 12.5. The Kier molecular flexibility index (Phi) is 3.31. The van der Waals surface area contributed by atoms with Crippen molar-refractivity contribution in [1.29, 1.82) is 0 Å². The topological polar surface area (TPSA) is 42.2 Å². The van der Waals surface area contributed by atoms with Gasteiger partial charge in [0.25, 0.3) is 0 Å². The van der Waals surface area contributed by atoms with Crippen molar-refractivity contribution in [3.63, 3.8) is 0 Å². The third-order valence-corrected chi connectivity index (χ3v) is 3.86. The number of para-hydroxylation sites is 2. The molecule has 0 aliphatic rings. The predicted octanol–water partition coefficient (Wildman–Crippen LogP) is 4.77. The molecule has 0 aliphatic heterocycles. The van der Waals surface area contributed by atoms with E-state index in [2.05, 4.69) is 5.32 Å². The summed E-state index contributed by atoms with van der Waals surface area (Å²) in [6.07, 6.45) is 0.338. The summed E-state index contributed by atoms with van der Waals surface area (Å²) >= 11 is 0. The smallest absolute Gasteiger partial charge is 0.228 e. The summed E-state index contributed by atoms with van der Waals surface area (Å²) in [6.45, 7) is 0. The fraction of sp³-hybridized carbons (Fsp3) is 0.0500. The molecule has 0 bridgehead atoms. The summed E-state index contributed by atoms with van der Waals surface area (Å²) in [6, 6.07) is 23.3. The lowest BCUT2D eigenvalue weighted by atomic mass is 10.1. The van der Waals surface area contributed by atoms with E-state index in [0.29, 0.717) is 6.42 Å². The van der Waals surface area contributed by atoms with E-state index in [1.165, 1.54) is 0 Å². The molecule has 23 heavy (non-hydrogen) atoms. The van der Waals surface area contributed by atoms with E-state index in [9.17, 15) is 4.79 Å². The summed E-state index contributed by atoms with van der Waals surface area (Å²) in [4.78, 5) is 12.2. The summed E-state index contributed by atoms with van der Waals surface area (Å²) in [7, 11) is 0. The number of hydrogen-bond acceptors (Lipinski definition) is 2. The molecular weight excluding hydrogens is 286 g/mol. The Morgan fingerprint density at radius 3 is 2.43 bits per heavy atom. The van der Waals surface area contributed by atoms with Gasteiger partial charge in [0.1, 0.15) is 11.2 Å². The molecule has 1 heterocycles. The van der Waals surface area contributed by atoms with Crippen LogP contribution in [-0.4, -0.2) is 5.91 Å². The number of rotatable bonds is 3. The largest absolute Gasteiger partial charge is 0.456 e. The van der Waals surface area contributed by atoms with Crippen LogP contribution in [0.15, 0.2) is 77.2 Å². The van der Waals surface area contributed by atoms with Crippen LogP contribution in [0, 0.1) is 0 Å². The highest BCUT2D eigenvalue weighted by Gasteiger charge is 2.09. The molecule has 0 radical (unpaired) electrons. The average Bonchev–Trinajstić information content (AvgIpc) is 2.94. The summed E-state index contributed by atoms with van der Waals surface area (Å²) in [5.41, 5.74) is 3.50. The minimum absolute atomic E-state index is 0.0247. The van der Waals surface area contributed by atoms with Crippen LogP contribution in [0.4, 0.5) is 5.69 Å². The molecule has 3 nitrogen and oxygen atoms in total.